The van der Waals surface area contributed by atoms with Gasteiger partial charge in [-0.2, -0.15) is 0 Å². The van der Waals surface area contributed by atoms with Crippen LogP contribution in [0.5, 0.6) is 0 Å². The van der Waals surface area contributed by atoms with Crippen molar-refractivity contribution < 1.29 is 4.92 Å². The molecule has 1 aliphatic rings. The molecule has 3 rings (SSSR count). The lowest BCUT2D eigenvalue weighted by Gasteiger charge is -2.26. The summed E-state index contributed by atoms with van der Waals surface area (Å²) >= 11 is 0. The fraction of sp³-hybridized carbons (Fsp3) is 0.389. The lowest BCUT2D eigenvalue weighted by molar-refractivity contribution is -0.385. The molecule has 1 aliphatic heterocycles. The van der Waals surface area contributed by atoms with Crippen molar-refractivity contribution in [2.75, 3.05) is 24.5 Å². The Kier molecular flexibility index (Phi) is 5.05. The molecule has 6 heteroatoms. The standard InChI is InChI=1S/C18H22N4O2/c1-15-9-10-20(18-8-7-17(13-19-18)22(23)24)11-12-21(15)14-16-5-3-2-4-6-16/h2-8,13,15H,9-12,14H2,1H3. The summed E-state index contributed by atoms with van der Waals surface area (Å²) in [7, 11) is 0. The fourth-order valence-corrected chi connectivity index (χ4v) is 3.06. The van der Waals surface area contributed by atoms with Gasteiger partial charge in [-0.25, -0.2) is 4.98 Å². The molecular weight excluding hydrogens is 304 g/mol. The van der Waals surface area contributed by atoms with Crippen LogP contribution in [0.2, 0.25) is 0 Å². The third kappa shape index (κ3) is 3.89. The normalized spacial score (nSPS) is 19.0. The van der Waals surface area contributed by atoms with E-state index < -0.39 is 4.92 Å². The molecule has 1 aromatic heterocycles. The van der Waals surface area contributed by atoms with Gasteiger partial charge in [0.15, 0.2) is 0 Å². The van der Waals surface area contributed by atoms with Crippen molar-refractivity contribution in [2.24, 2.45) is 0 Å². The van der Waals surface area contributed by atoms with E-state index in [1.165, 1.54) is 17.8 Å². The minimum absolute atomic E-state index is 0.0349. The van der Waals surface area contributed by atoms with E-state index >= 15 is 0 Å². The quantitative estimate of drug-likeness (QED) is 0.638. The molecule has 0 bridgehead atoms. The number of benzene rings is 1. The maximum absolute atomic E-state index is 10.7. The van der Waals surface area contributed by atoms with Gasteiger partial charge in [-0.1, -0.05) is 30.3 Å². The van der Waals surface area contributed by atoms with E-state index in [4.69, 9.17) is 0 Å². The molecule has 0 spiro atoms. The van der Waals surface area contributed by atoms with Crippen LogP contribution in [-0.2, 0) is 6.54 Å². The monoisotopic (exact) mass is 326 g/mol. The lowest BCUT2D eigenvalue weighted by atomic mass is 10.1. The fourth-order valence-electron chi connectivity index (χ4n) is 3.06. The molecule has 2 heterocycles. The maximum Gasteiger partial charge on any atom is 0.287 e. The van der Waals surface area contributed by atoms with Gasteiger partial charge in [0.1, 0.15) is 12.0 Å². The van der Waals surface area contributed by atoms with Gasteiger partial charge in [0.25, 0.3) is 5.69 Å². The largest absolute Gasteiger partial charge is 0.355 e. The molecule has 0 radical (unpaired) electrons. The Morgan fingerprint density at radius 1 is 1.17 bits per heavy atom. The minimum atomic E-state index is -0.414. The van der Waals surface area contributed by atoms with E-state index in [0.29, 0.717) is 6.04 Å². The number of hydrogen-bond acceptors (Lipinski definition) is 5. The Morgan fingerprint density at radius 3 is 2.62 bits per heavy atom. The number of nitrogens with zero attached hydrogens (tertiary/aromatic N) is 4. The Balaban J connectivity index is 1.66. The number of hydrogen-bond donors (Lipinski definition) is 0. The summed E-state index contributed by atoms with van der Waals surface area (Å²) in [5, 5.41) is 10.7. The van der Waals surface area contributed by atoms with Crippen LogP contribution in [0.3, 0.4) is 0 Å². The highest BCUT2D eigenvalue weighted by atomic mass is 16.6. The highest BCUT2D eigenvalue weighted by Crippen LogP contribution is 2.20. The highest BCUT2D eigenvalue weighted by molar-refractivity contribution is 5.43. The van der Waals surface area contributed by atoms with E-state index in [1.807, 2.05) is 6.07 Å². The van der Waals surface area contributed by atoms with E-state index in [2.05, 4.69) is 46.0 Å². The summed E-state index contributed by atoms with van der Waals surface area (Å²) in [5.74, 6) is 0.814. The van der Waals surface area contributed by atoms with Crippen molar-refractivity contribution in [1.29, 1.82) is 0 Å². The summed E-state index contributed by atoms with van der Waals surface area (Å²) in [4.78, 5) is 19.3. The average molecular weight is 326 g/mol. The lowest BCUT2D eigenvalue weighted by Crippen LogP contribution is -2.34. The van der Waals surface area contributed by atoms with Crippen LogP contribution in [0.15, 0.2) is 48.7 Å². The molecule has 1 atom stereocenters. The smallest absolute Gasteiger partial charge is 0.287 e. The van der Waals surface area contributed by atoms with Gasteiger partial charge in [-0.15, -0.1) is 0 Å². The van der Waals surface area contributed by atoms with Crippen molar-refractivity contribution in [3.05, 3.63) is 64.3 Å². The van der Waals surface area contributed by atoms with E-state index in [9.17, 15) is 10.1 Å². The summed E-state index contributed by atoms with van der Waals surface area (Å²) in [6, 6.07) is 14.3. The third-order valence-corrected chi connectivity index (χ3v) is 4.59. The summed E-state index contributed by atoms with van der Waals surface area (Å²) in [5.41, 5.74) is 1.36. The Labute approximate surface area is 141 Å². The molecule has 0 aliphatic carbocycles. The summed E-state index contributed by atoms with van der Waals surface area (Å²) < 4.78 is 0. The molecule has 2 aromatic rings. The second-order valence-electron chi connectivity index (χ2n) is 6.21. The molecule has 1 fully saturated rings. The van der Waals surface area contributed by atoms with Crippen LogP contribution in [-0.4, -0.2) is 40.5 Å². The molecular formula is C18H22N4O2. The molecule has 0 saturated carbocycles. The topological polar surface area (TPSA) is 62.5 Å². The van der Waals surface area contributed by atoms with Crippen molar-refractivity contribution in [3.8, 4) is 0 Å². The molecule has 126 valence electrons. The van der Waals surface area contributed by atoms with Gasteiger partial charge >= 0.3 is 0 Å². The SMILES string of the molecule is CC1CCN(c2ccc([N+](=O)[O-])cn2)CCN1Cc1ccccc1. The van der Waals surface area contributed by atoms with Crippen LogP contribution in [0.25, 0.3) is 0 Å². The number of nitro groups is 1. The first kappa shape index (κ1) is 16.4. The Morgan fingerprint density at radius 2 is 1.96 bits per heavy atom. The van der Waals surface area contributed by atoms with Crippen LogP contribution in [0, 0.1) is 10.1 Å². The zero-order valence-electron chi connectivity index (χ0n) is 13.8. The average Bonchev–Trinajstić information content (AvgIpc) is 2.78. The van der Waals surface area contributed by atoms with Crippen LogP contribution >= 0.6 is 0 Å². The molecule has 0 N–H and O–H groups in total. The second kappa shape index (κ2) is 7.40. The number of pyridine rings is 1. The predicted octanol–water partition coefficient (Wildman–Crippen LogP) is 3.09. The predicted molar refractivity (Wildman–Crippen MR) is 94.0 cm³/mol. The number of anilines is 1. The van der Waals surface area contributed by atoms with Crippen molar-refractivity contribution in [2.45, 2.75) is 25.9 Å². The van der Waals surface area contributed by atoms with E-state index in [-0.39, 0.29) is 5.69 Å². The van der Waals surface area contributed by atoms with Crippen molar-refractivity contribution >= 4 is 11.5 Å². The van der Waals surface area contributed by atoms with Gasteiger partial charge in [0, 0.05) is 38.3 Å². The number of rotatable bonds is 4. The molecule has 1 unspecified atom stereocenters. The zero-order chi connectivity index (χ0) is 16.9. The summed E-state index contributed by atoms with van der Waals surface area (Å²) in [6.45, 7) is 5.95. The second-order valence-corrected chi connectivity index (χ2v) is 6.21. The van der Waals surface area contributed by atoms with E-state index in [1.54, 1.807) is 6.07 Å². The maximum atomic E-state index is 10.7. The molecule has 6 nitrogen and oxygen atoms in total. The minimum Gasteiger partial charge on any atom is -0.355 e. The van der Waals surface area contributed by atoms with Crippen LogP contribution in [0.1, 0.15) is 18.9 Å². The first-order valence-electron chi connectivity index (χ1n) is 8.27. The third-order valence-electron chi connectivity index (χ3n) is 4.59. The highest BCUT2D eigenvalue weighted by Gasteiger charge is 2.22. The van der Waals surface area contributed by atoms with Crippen LogP contribution < -0.4 is 4.90 Å². The first-order chi connectivity index (χ1) is 11.6. The van der Waals surface area contributed by atoms with Crippen molar-refractivity contribution in [1.82, 2.24) is 9.88 Å². The molecule has 24 heavy (non-hydrogen) atoms. The van der Waals surface area contributed by atoms with E-state index in [0.717, 1.165) is 38.4 Å². The molecule has 1 aromatic carbocycles. The van der Waals surface area contributed by atoms with Gasteiger partial charge < -0.3 is 4.90 Å². The van der Waals surface area contributed by atoms with Crippen LogP contribution in [0.4, 0.5) is 11.5 Å². The zero-order valence-corrected chi connectivity index (χ0v) is 13.8. The van der Waals surface area contributed by atoms with Gasteiger partial charge in [0.05, 0.1) is 4.92 Å². The Hall–Kier alpha value is -2.47. The van der Waals surface area contributed by atoms with Gasteiger partial charge in [0.2, 0.25) is 0 Å². The van der Waals surface area contributed by atoms with Crippen molar-refractivity contribution in [3.63, 3.8) is 0 Å². The first-order valence-corrected chi connectivity index (χ1v) is 8.27. The molecule has 0 amide bonds. The number of aromatic nitrogens is 1. The summed E-state index contributed by atoms with van der Waals surface area (Å²) in [6.07, 6.45) is 2.39. The Bertz CT molecular complexity index is 675. The molecule has 1 saturated heterocycles. The van der Waals surface area contributed by atoms with Gasteiger partial charge in [-0.05, 0) is 25.0 Å². The van der Waals surface area contributed by atoms with Gasteiger partial charge in [-0.3, -0.25) is 15.0 Å².